The predicted molar refractivity (Wildman–Crippen MR) is 47.4 cm³/mol. The van der Waals surface area contributed by atoms with Gasteiger partial charge in [-0.05, 0) is 12.1 Å². The number of hydrogen-bond acceptors (Lipinski definition) is 3. The highest BCUT2D eigenvalue weighted by Gasteiger charge is 2.05. The van der Waals surface area contributed by atoms with E-state index >= 15 is 0 Å². The fraction of sp³-hybridized carbons (Fsp3) is 0.143. The summed E-state index contributed by atoms with van der Waals surface area (Å²) in [5, 5.41) is 17.1. The maximum absolute atomic E-state index is 8.55. The first-order valence-electron chi connectivity index (χ1n) is 3.33. The summed E-state index contributed by atoms with van der Waals surface area (Å²) in [5.74, 6) is 0. The van der Waals surface area contributed by atoms with Gasteiger partial charge in [0.15, 0.2) is 0 Å². The Balaban J connectivity index is 2.39. The molecule has 0 aromatic heterocycles. The van der Waals surface area contributed by atoms with Gasteiger partial charge in [-0.3, -0.25) is 0 Å². The maximum Gasteiger partial charge on any atom is 0.462 e. The van der Waals surface area contributed by atoms with Gasteiger partial charge >= 0.3 is 7.12 Å². The summed E-state index contributed by atoms with van der Waals surface area (Å²) in [6.07, 6.45) is 0. The molecule has 0 unspecified atom stereocenters. The van der Waals surface area contributed by atoms with Crippen molar-refractivity contribution in [3.63, 3.8) is 0 Å². The summed E-state index contributed by atoms with van der Waals surface area (Å²) < 4.78 is 0. The van der Waals surface area contributed by atoms with Crippen LogP contribution in [0.5, 0.6) is 0 Å². The lowest BCUT2D eigenvalue weighted by Gasteiger charge is -1.98. The van der Waals surface area contributed by atoms with Crippen LogP contribution < -0.4 is 0 Å². The molecule has 2 nitrogen and oxygen atoms in total. The van der Waals surface area contributed by atoms with Crippen LogP contribution in [0.3, 0.4) is 0 Å². The highest BCUT2D eigenvalue weighted by Crippen LogP contribution is 2.16. The third-order valence-electron chi connectivity index (χ3n) is 1.14. The monoisotopic (exact) mass is 168 g/mol. The van der Waals surface area contributed by atoms with Gasteiger partial charge in [0, 0.05) is 10.5 Å². The smallest absolute Gasteiger partial charge is 0.427 e. The number of hydrogen-bond donors (Lipinski definition) is 2. The molecule has 0 atom stereocenters. The van der Waals surface area contributed by atoms with E-state index in [4.69, 9.17) is 10.0 Å². The fourth-order valence-corrected chi connectivity index (χ4v) is 1.38. The number of thioether (sulfide) groups is 1. The van der Waals surface area contributed by atoms with E-state index < -0.39 is 7.12 Å². The Morgan fingerprint density at radius 2 is 1.82 bits per heavy atom. The molecule has 0 saturated heterocycles. The average molecular weight is 168 g/mol. The van der Waals surface area contributed by atoms with Crippen molar-refractivity contribution in [1.29, 1.82) is 0 Å². The summed E-state index contributed by atoms with van der Waals surface area (Å²) in [6.45, 7) is 0. The van der Waals surface area contributed by atoms with Crippen LogP contribution in [-0.2, 0) is 0 Å². The molecule has 0 heterocycles. The zero-order chi connectivity index (χ0) is 8.10. The zero-order valence-electron chi connectivity index (χ0n) is 5.97. The van der Waals surface area contributed by atoms with E-state index in [1.54, 1.807) is 0 Å². The van der Waals surface area contributed by atoms with Crippen molar-refractivity contribution < 1.29 is 10.0 Å². The maximum atomic E-state index is 8.55. The van der Waals surface area contributed by atoms with Gasteiger partial charge in [-0.25, -0.2) is 0 Å². The molecule has 58 valence electrons. The molecule has 0 spiro atoms. The van der Waals surface area contributed by atoms with Crippen molar-refractivity contribution in [3.8, 4) is 0 Å². The van der Waals surface area contributed by atoms with E-state index in [2.05, 4.69) is 0 Å². The molecule has 0 amide bonds. The van der Waals surface area contributed by atoms with E-state index in [1.165, 1.54) is 11.8 Å². The van der Waals surface area contributed by atoms with Gasteiger partial charge in [0.25, 0.3) is 0 Å². The Morgan fingerprint density at radius 3 is 2.36 bits per heavy atom. The lowest BCUT2D eigenvalue weighted by atomic mass is 9.98. The third-order valence-corrected chi connectivity index (χ3v) is 2.21. The van der Waals surface area contributed by atoms with Crippen LogP contribution in [0.1, 0.15) is 0 Å². The van der Waals surface area contributed by atoms with E-state index in [0.29, 0.717) is 5.65 Å². The SMILES string of the molecule is OB(O)CSc1ccccc1. The molecular weight excluding hydrogens is 159 g/mol. The second-order valence-electron chi connectivity index (χ2n) is 2.10. The minimum Gasteiger partial charge on any atom is -0.427 e. The van der Waals surface area contributed by atoms with E-state index in [-0.39, 0.29) is 0 Å². The largest absolute Gasteiger partial charge is 0.462 e. The van der Waals surface area contributed by atoms with Crippen LogP contribution in [-0.4, -0.2) is 22.8 Å². The molecule has 1 rings (SSSR count). The second-order valence-corrected chi connectivity index (χ2v) is 3.20. The molecule has 0 saturated carbocycles. The van der Waals surface area contributed by atoms with Gasteiger partial charge < -0.3 is 10.0 Å². The summed E-state index contributed by atoms with van der Waals surface area (Å²) in [5.41, 5.74) is 0.323. The van der Waals surface area contributed by atoms with Gasteiger partial charge in [-0.2, -0.15) is 0 Å². The molecule has 1 aromatic carbocycles. The number of benzene rings is 1. The minimum atomic E-state index is -1.22. The van der Waals surface area contributed by atoms with E-state index in [9.17, 15) is 0 Å². The number of rotatable bonds is 3. The Morgan fingerprint density at radius 1 is 1.18 bits per heavy atom. The average Bonchev–Trinajstić information content (AvgIpc) is 2.03. The van der Waals surface area contributed by atoms with Crippen LogP contribution in [0.15, 0.2) is 35.2 Å². The highest BCUT2D eigenvalue weighted by molar-refractivity contribution is 8.00. The first kappa shape index (κ1) is 8.65. The van der Waals surface area contributed by atoms with Gasteiger partial charge in [0.1, 0.15) is 0 Å². The van der Waals surface area contributed by atoms with E-state index in [0.717, 1.165) is 4.90 Å². The molecule has 0 fully saturated rings. The summed E-state index contributed by atoms with van der Waals surface area (Å²) in [6, 6.07) is 9.65. The molecule has 0 aliphatic heterocycles. The standard InChI is InChI=1S/C7H9BO2S/c9-8(10)6-11-7-4-2-1-3-5-7/h1-5,9-10H,6H2. The molecule has 2 N–H and O–H groups in total. The Hall–Kier alpha value is -0.445. The van der Waals surface area contributed by atoms with Crippen LogP contribution in [0.4, 0.5) is 0 Å². The fourth-order valence-electron chi connectivity index (χ4n) is 0.687. The highest BCUT2D eigenvalue weighted by atomic mass is 32.2. The summed E-state index contributed by atoms with van der Waals surface area (Å²) in [4.78, 5) is 1.06. The Kier molecular flexibility index (Phi) is 3.49. The molecule has 11 heavy (non-hydrogen) atoms. The molecule has 4 heteroatoms. The van der Waals surface area contributed by atoms with E-state index in [1.807, 2.05) is 30.3 Å². The third kappa shape index (κ3) is 3.46. The normalized spacial score (nSPS) is 9.64. The Bertz CT molecular complexity index is 203. The lowest BCUT2D eigenvalue weighted by Crippen LogP contribution is -2.14. The van der Waals surface area contributed by atoms with Crippen molar-refractivity contribution in [1.82, 2.24) is 0 Å². The first-order chi connectivity index (χ1) is 5.29. The zero-order valence-corrected chi connectivity index (χ0v) is 6.79. The predicted octanol–water partition coefficient (Wildman–Crippen LogP) is 0.791. The van der Waals surface area contributed by atoms with Crippen LogP contribution in [0, 0.1) is 0 Å². The lowest BCUT2D eigenvalue weighted by molar-refractivity contribution is 0.415. The van der Waals surface area contributed by atoms with Crippen molar-refractivity contribution in [2.75, 3.05) is 5.65 Å². The van der Waals surface area contributed by atoms with Crippen LogP contribution >= 0.6 is 11.8 Å². The molecule has 0 bridgehead atoms. The van der Waals surface area contributed by atoms with Gasteiger partial charge in [-0.1, -0.05) is 18.2 Å². The van der Waals surface area contributed by atoms with Gasteiger partial charge in [0.05, 0.1) is 0 Å². The topological polar surface area (TPSA) is 40.5 Å². The van der Waals surface area contributed by atoms with Gasteiger partial charge in [0.2, 0.25) is 0 Å². The first-order valence-corrected chi connectivity index (χ1v) is 4.31. The van der Waals surface area contributed by atoms with Crippen LogP contribution in [0.25, 0.3) is 0 Å². The van der Waals surface area contributed by atoms with Gasteiger partial charge in [-0.15, -0.1) is 11.8 Å². The summed E-state index contributed by atoms with van der Waals surface area (Å²) >= 11 is 1.43. The van der Waals surface area contributed by atoms with Crippen molar-refractivity contribution in [3.05, 3.63) is 30.3 Å². The summed E-state index contributed by atoms with van der Waals surface area (Å²) in [7, 11) is -1.22. The molecule has 1 aromatic rings. The minimum absolute atomic E-state index is 0.323. The second kappa shape index (κ2) is 4.44. The van der Waals surface area contributed by atoms with Crippen molar-refractivity contribution >= 4 is 18.9 Å². The molecule has 0 radical (unpaired) electrons. The van der Waals surface area contributed by atoms with Crippen molar-refractivity contribution in [2.45, 2.75) is 4.90 Å². The molecular formula is C7H9BO2S. The van der Waals surface area contributed by atoms with Crippen LogP contribution in [0.2, 0.25) is 0 Å². The van der Waals surface area contributed by atoms with Crippen molar-refractivity contribution in [2.24, 2.45) is 0 Å². The Labute approximate surface area is 70.4 Å². The molecule has 0 aliphatic carbocycles. The quantitative estimate of drug-likeness (QED) is 0.517. The molecule has 0 aliphatic rings.